The molecule has 2 N–H and O–H groups in total. The summed E-state index contributed by atoms with van der Waals surface area (Å²) in [6.07, 6.45) is 0. The normalized spacial score (nSPS) is 10.7. The molecular formula is C23H21N3O. The second-order valence-electron chi connectivity index (χ2n) is 6.71. The second kappa shape index (κ2) is 7.00. The number of nitrogens with one attached hydrogen (secondary N) is 2. The number of amides is 1. The number of rotatable bonds is 4. The molecule has 4 rings (SSSR count). The number of hydrogen-bond donors (Lipinski definition) is 2. The van der Waals surface area contributed by atoms with Crippen molar-refractivity contribution < 1.29 is 4.79 Å². The number of aromatic nitrogens is 1. The number of aromatic amines is 1. The summed E-state index contributed by atoms with van der Waals surface area (Å²) >= 11 is 0. The van der Waals surface area contributed by atoms with E-state index in [1.54, 1.807) is 0 Å². The first-order valence-electron chi connectivity index (χ1n) is 8.88. The summed E-state index contributed by atoms with van der Waals surface area (Å²) in [4.78, 5) is 18.3. The highest BCUT2D eigenvalue weighted by atomic mass is 16.1. The van der Waals surface area contributed by atoms with Crippen LogP contribution in [0.1, 0.15) is 10.4 Å². The van der Waals surface area contributed by atoms with Crippen molar-refractivity contribution in [3.05, 3.63) is 84.4 Å². The second-order valence-corrected chi connectivity index (χ2v) is 6.71. The molecule has 0 fully saturated rings. The van der Waals surface area contributed by atoms with Crippen molar-refractivity contribution in [2.75, 3.05) is 24.3 Å². The Morgan fingerprint density at radius 1 is 0.889 bits per heavy atom. The number of carbonyl (C=O) groups is 1. The summed E-state index contributed by atoms with van der Waals surface area (Å²) < 4.78 is 0. The van der Waals surface area contributed by atoms with E-state index < -0.39 is 0 Å². The molecule has 0 saturated carbocycles. The monoisotopic (exact) mass is 355 g/mol. The van der Waals surface area contributed by atoms with Gasteiger partial charge in [-0.05, 0) is 41.5 Å². The highest BCUT2D eigenvalue weighted by Crippen LogP contribution is 2.29. The first-order chi connectivity index (χ1) is 13.1. The molecule has 0 aliphatic rings. The Balaban J connectivity index is 1.72. The lowest BCUT2D eigenvalue weighted by Crippen LogP contribution is -2.15. The lowest BCUT2D eigenvalue weighted by atomic mass is 9.98. The van der Waals surface area contributed by atoms with E-state index in [0.29, 0.717) is 11.4 Å². The first kappa shape index (κ1) is 16.9. The third kappa shape index (κ3) is 3.42. The summed E-state index contributed by atoms with van der Waals surface area (Å²) in [5, 5.41) is 4.07. The molecule has 1 heterocycles. The Bertz CT molecular complexity index is 1060. The Morgan fingerprint density at radius 3 is 2.37 bits per heavy atom. The summed E-state index contributed by atoms with van der Waals surface area (Å²) in [6.45, 7) is 0. The van der Waals surface area contributed by atoms with Crippen LogP contribution in [0.2, 0.25) is 0 Å². The van der Waals surface area contributed by atoms with Crippen molar-refractivity contribution in [2.45, 2.75) is 0 Å². The molecule has 4 aromatic rings. The molecule has 0 aliphatic carbocycles. The fraction of sp³-hybridized carbons (Fsp3) is 0.0870. The zero-order valence-corrected chi connectivity index (χ0v) is 15.4. The van der Waals surface area contributed by atoms with Gasteiger partial charge in [-0.3, -0.25) is 4.79 Å². The molecule has 0 saturated heterocycles. The minimum atomic E-state index is -0.134. The maximum atomic E-state index is 13.0. The smallest absolute Gasteiger partial charge is 0.257 e. The number of nitrogens with zero attached hydrogens (tertiary/aromatic N) is 1. The molecular weight excluding hydrogens is 334 g/mol. The molecule has 4 nitrogen and oxygen atoms in total. The van der Waals surface area contributed by atoms with Gasteiger partial charge >= 0.3 is 0 Å². The minimum absolute atomic E-state index is 0.134. The molecule has 1 amide bonds. The van der Waals surface area contributed by atoms with E-state index in [0.717, 1.165) is 27.7 Å². The standard InChI is InChI=1S/C23H21N3O/c1-26(2)18-12-13-19(20(15-18)16-8-4-3-5-9-16)23(27)25-22-14-17-10-6-7-11-21(17)24-22/h3-15,24H,1-2H3,(H,25,27). The average Bonchev–Trinajstić information content (AvgIpc) is 3.10. The van der Waals surface area contributed by atoms with Crippen LogP contribution < -0.4 is 10.2 Å². The van der Waals surface area contributed by atoms with Crippen molar-refractivity contribution in [1.29, 1.82) is 0 Å². The molecule has 0 bridgehead atoms. The predicted molar refractivity (Wildman–Crippen MR) is 112 cm³/mol. The highest BCUT2D eigenvalue weighted by molar-refractivity contribution is 6.09. The van der Waals surface area contributed by atoms with Crippen molar-refractivity contribution in [3.8, 4) is 11.1 Å². The minimum Gasteiger partial charge on any atom is -0.378 e. The summed E-state index contributed by atoms with van der Waals surface area (Å²) in [5.74, 6) is 0.558. The van der Waals surface area contributed by atoms with Crippen molar-refractivity contribution in [1.82, 2.24) is 4.98 Å². The van der Waals surface area contributed by atoms with Gasteiger partial charge in [0.2, 0.25) is 0 Å². The van der Waals surface area contributed by atoms with Gasteiger partial charge in [0.1, 0.15) is 5.82 Å². The van der Waals surface area contributed by atoms with E-state index in [1.807, 2.05) is 91.8 Å². The summed E-state index contributed by atoms with van der Waals surface area (Å²) in [5.41, 5.74) is 4.62. The van der Waals surface area contributed by atoms with E-state index in [9.17, 15) is 4.79 Å². The Labute approximate surface area is 158 Å². The third-order valence-electron chi connectivity index (χ3n) is 4.63. The Morgan fingerprint density at radius 2 is 1.63 bits per heavy atom. The highest BCUT2D eigenvalue weighted by Gasteiger charge is 2.15. The first-order valence-corrected chi connectivity index (χ1v) is 8.88. The van der Waals surface area contributed by atoms with Crippen LogP contribution in [-0.2, 0) is 0 Å². The number of benzene rings is 3. The van der Waals surface area contributed by atoms with Crippen LogP contribution in [0.4, 0.5) is 11.5 Å². The van der Waals surface area contributed by atoms with E-state index in [4.69, 9.17) is 0 Å². The average molecular weight is 355 g/mol. The number of H-pyrrole nitrogens is 1. The maximum absolute atomic E-state index is 13.0. The van der Waals surface area contributed by atoms with Crippen molar-refractivity contribution >= 4 is 28.3 Å². The number of para-hydroxylation sites is 1. The lowest BCUT2D eigenvalue weighted by Gasteiger charge is -2.17. The van der Waals surface area contributed by atoms with Gasteiger partial charge < -0.3 is 15.2 Å². The van der Waals surface area contributed by atoms with Crippen LogP contribution in [0.5, 0.6) is 0 Å². The molecule has 3 aromatic carbocycles. The van der Waals surface area contributed by atoms with Crippen molar-refractivity contribution in [3.63, 3.8) is 0 Å². The van der Waals surface area contributed by atoms with Gasteiger partial charge in [0.15, 0.2) is 0 Å². The van der Waals surface area contributed by atoms with E-state index in [2.05, 4.69) is 16.4 Å². The third-order valence-corrected chi connectivity index (χ3v) is 4.63. The molecule has 27 heavy (non-hydrogen) atoms. The van der Waals surface area contributed by atoms with Crippen LogP contribution in [0.3, 0.4) is 0 Å². The lowest BCUT2D eigenvalue weighted by molar-refractivity contribution is 0.102. The van der Waals surface area contributed by atoms with Crippen LogP contribution >= 0.6 is 0 Å². The quantitative estimate of drug-likeness (QED) is 0.532. The van der Waals surface area contributed by atoms with Gasteiger partial charge in [0.05, 0.1) is 0 Å². The van der Waals surface area contributed by atoms with E-state index in [-0.39, 0.29) is 5.91 Å². The van der Waals surface area contributed by atoms with Gasteiger partial charge in [0.25, 0.3) is 5.91 Å². The molecule has 0 spiro atoms. The SMILES string of the molecule is CN(C)c1ccc(C(=O)Nc2cc3ccccc3[nH]2)c(-c2ccccc2)c1. The molecule has 134 valence electrons. The molecule has 1 aromatic heterocycles. The number of carbonyl (C=O) groups excluding carboxylic acids is 1. The fourth-order valence-corrected chi connectivity index (χ4v) is 3.20. The van der Waals surface area contributed by atoms with E-state index >= 15 is 0 Å². The fourth-order valence-electron chi connectivity index (χ4n) is 3.20. The van der Waals surface area contributed by atoms with Gasteiger partial charge in [-0.1, -0.05) is 48.5 Å². The maximum Gasteiger partial charge on any atom is 0.257 e. The van der Waals surface area contributed by atoms with E-state index in [1.165, 1.54) is 0 Å². The predicted octanol–water partition coefficient (Wildman–Crippen LogP) is 5.15. The van der Waals surface area contributed by atoms with Crippen molar-refractivity contribution in [2.24, 2.45) is 0 Å². The number of fused-ring (bicyclic) bond motifs is 1. The molecule has 0 unspecified atom stereocenters. The molecule has 4 heteroatoms. The topological polar surface area (TPSA) is 48.1 Å². The number of anilines is 2. The van der Waals surface area contributed by atoms with Gasteiger partial charge in [-0.2, -0.15) is 0 Å². The van der Waals surface area contributed by atoms with Crippen LogP contribution in [0, 0.1) is 0 Å². The largest absolute Gasteiger partial charge is 0.378 e. The Kier molecular flexibility index (Phi) is 4.38. The van der Waals surface area contributed by atoms with Gasteiger partial charge in [-0.25, -0.2) is 0 Å². The number of hydrogen-bond acceptors (Lipinski definition) is 2. The molecule has 0 radical (unpaired) electrons. The van der Waals surface area contributed by atoms with Gasteiger partial charge in [-0.15, -0.1) is 0 Å². The van der Waals surface area contributed by atoms with Crippen LogP contribution in [0.25, 0.3) is 22.0 Å². The molecule has 0 atom stereocenters. The van der Waals surface area contributed by atoms with Gasteiger partial charge in [0, 0.05) is 36.2 Å². The summed E-state index contributed by atoms with van der Waals surface area (Å²) in [6, 6.07) is 25.8. The molecule has 0 aliphatic heterocycles. The summed E-state index contributed by atoms with van der Waals surface area (Å²) in [7, 11) is 3.99. The van der Waals surface area contributed by atoms with Crippen LogP contribution in [0.15, 0.2) is 78.9 Å². The van der Waals surface area contributed by atoms with Crippen LogP contribution in [-0.4, -0.2) is 25.0 Å². The Hall–Kier alpha value is -3.53. The zero-order chi connectivity index (χ0) is 18.8. The zero-order valence-electron chi connectivity index (χ0n) is 15.4.